The highest BCUT2D eigenvalue weighted by molar-refractivity contribution is 7.87. The molecule has 1 heterocycles. The number of anilines is 4. The maximum atomic E-state index is 11.8. The molecule has 0 unspecified atom stereocenters. The Morgan fingerprint density at radius 3 is 2.02 bits per heavy atom. The number of nitrogens with one attached hydrogen (secondary N) is 1. The molecule has 0 radical (unpaired) electrons. The summed E-state index contributed by atoms with van der Waals surface area (Å²) in [4.78, 5) is 12.3. The molecule has 5 aromatic rings. The number of halogens is 1. The van der Waals surface area contributed by atoms with Gasteiger partial charge >= 0.3 is 0 Å². The van der Waals surface area contributed by atoms with E-state index >= 15 is 0 Å². The molecule has 4 N–H and O–H groups in total. The van der Waals surface area contributed by atoms with Gasteiger partial charge in [0.05, 0.1) is 21.2 Å². The summed E-state index contributed by atoms with van der Waals surface area (Å²) < 4.78 is 98.1. The average molecular weight is 706 g/mol. The van der Waals surface area contributed by atoms with Crippen LogP contribution in [0.1, 0.15) is 0 Å². The molecule has 0 spiro atoms. The third-order valence-corrected chi connectivity index (χ3v) is 8.99. The van der Waals surface area contributed by atoms with Gasteiger partial charge in [-0.15, -0.1) is 0 Å². The maximum absolute atomic E-state index is 11.8. The highest BCUT2D eigenvalue weighted by Crippen LogP contribution is 2.32. The number of azo groups is 1. The third kappa shape index (κ3) is 7.59. The van der Waals surface area contributed by atoms with E-state index in [2.05, 4.69) is 30.5 Å². The van der Waals surface area contributed by atoms with Crippen LogP contribution >= 0.6 is 11.6 Å². The van der Waals surface area contributed by atoms with Gasteiger partial charge in [-0.05, 0) is 83.7 Å². The zero-order valence-corrected chi connectivity index (χ0v) is 26.3. The lowest BCUT2D eigenvalue weighted by Crippen LogP contribution is -2.14. The monoisotopic (exact) mass is 705 g/mol. The van der Waals surface area contributed by atoms with E-state index in [0.717, 1.165) is 6.07 Å². The van der Waals surface area contributed by atoms with E-state index in [0.29, 0.717) is 17.4 Å². The first kappa shape index (κ1) is 32.8. The Bertz CT molecular complexity index is 2360. The second-order valence-corrected chi connectivity index (χ2v) is 14.0. The van der Waals surface area contributed by atoms with Gasteiger partial charge < -0.3 is 10.2 Å². The highest BCUT2D eigenvalue weighted by Gasteiger charge is 2.21. The van der Waals surface area contributed by atoms with Crippen LogP contribution in [0.15, 0.2) is 104 Å². The van der Waals surface area contributed by atoms with Gasteiger partial charge in [0.2, 0.25) is 17.2 Å². The number of rotatable bonds is 9. The number of fused-ring (bicyclic) bond motifs is 1. The van der Waals surface area contributed by atoms with Gasteiger partial charge in [-0.1, -0.05) is 12.1 Å². The molecular weight excluding hydrogens is 686 g/mol. The van der Waals surface area contributed by atoms with Crippen molar-refractivity contribution in [3.05, 3.63) is 84.1 Å². The predicted octanol–water partition coefficient (Wildman–Crippen LogP) is 5.35. The molecular formula is C26H20ClN7O9S3. The van der Waals surface area contributed by atoms with Crippen molar-refractivity contribution < 1.29 is 38.9 Å². The number of nitrogens with zero attached hydrogens (tertiary/aromatic N) is 6. The van der Waals surface area contributed by atoms with E-state index in [4.69, 9.17) is 11.6 Å². The third-order valence-electron chi connectivity index (χ3n) is 6.25. The van der Waals surface area contributed by atoms with Crippen molar-refractivity contribution in [1.29, 1.82) is 0 Å². The molecule has 1 aromatic heterocycles. The molecule has 0 aliphatic heterocycles. The van der Waals surface area contributed by atoms with Gasteiger partial charge in [0.15, 0.2) is 0 Å². The Morgan fingerprint density at radius 2 is 1.37 bits per heavy atom. The van der Waals surface area contributed by atoms with E-state index in [9.17, 15) is 38.9 Å². The fourth-order valence-corrected chi connectivity index (χ4v) is 6.14. The normalized spacial score (nSPS) is 12.5. The van der Waals surface area contributed by atoms with E-state index in [1.54, 1.807) is 36.2 Å². The molecule has 16 nitrogen and oxygen atoms in total. The Hall–Kier alpha value is -4.63. The van der Waals surface area contributed by atoms with Gasteiger partial charge in [0.25, 0.3) is 30.4 Å². The Kier molecular flexibility index (Phi) is 8.75. The van der Waals surface area contributed by atoms with Gasteiger partial charge in [-0.2, -0.15) is 50.4 Å². The van der Waals surface area contributed by atoms with Crippen LogP contribution in [0.3, 0.4) is 0 Å². The second-order valence-electron chi connectivity index (χ2n) is 9.41. The smallest absolute Gasteiger partial charge is 0.295 e. The summed E-state index contributed by atoms with van der Waals surface area (Å²) in [5, 5.41) is 11.0. The number of hydrogen-bond acceptors (Lipinski definition) is 13. The van der Waals surface area contributed by atoms with Crippen LogP contribution in [0.2, 0.25) is 5.28 Å². The van der Waals surface area contributed by atoms with Crippen LogP contribution in [0.25, 0.3) is 10.8 Å². The van der Waals surface area contributed by atoms with E-state index in [1.165, 1.54) is 42.5 Å². The van der Waals surface area contributed by atoms with Gasteiger partial charge in [0, 0.05) is 23.8 Å². The number of hydrogen-bond donors (Lipinski definition) is 4. The molecule has 20 heteroatoms. The zero-order chi connectivity index (χ0) is 33.4. The SMILES string of the molecule is CN(c1ccc(N=Nc2ccc3c(S(=O)(=O)O)cc(S(=O)(=O)O)cc3c2)cc1)c1nc(Cl)nc(Nc2cccc(S(=O)(=O)O)c2)n1. The fourth-order valence-electron chi connectivity index (χ4n) is 4.10. The minimum atomic E-state index is -4.82. The van der Waals surface area contributed by atoms with Crippen molar-refractivity contribution in [1.82, 2.24) is 15.0 Å². The molecule has 238 valence electrons. The molecule has 4 aromatic carbocycles. The quantitative estimate of drug-likeness (QED) is 0.112. The maximum Gasteiger partial charge on any atom is 0.295 e. The predicted molar refractivity (Wildman–Crippen MR) is 167 cm³/mol. The fraction of sp³-hybridized carbons (Fsp3) is 0.0385. The lowest BCUT2D eigenvalue weighted by molar-refractivity contribution is 0.479. The summed E-state index contributed by atoms with van der Waals surface area (Å²) in [6.07, 6.45) is 0. The molecule has 0 aliphatic rings. The summed E-state index contributed by atoms with van der Waals surface area (Å²) in [5.41, 5.74) is 1.48. The number of aromatic nitrogens is 3. The zero-order valence-electron chi connectivity index (χ0n) is 23.1. The van der Waals surface area contributed by atoms with E-state index in [1.807, 2.05) is 0 Å². The highest BCUT2D eigenvalue weighted by atomic mass is 35.5. The van der Waals surface area contributed by atoms with Crippen molar-refractivity contribution in [3.63, 3.8) is 0 Å². The second kappa shape index (κ2) is 12.3. The van der Waals surface area contributed by atoms with E-state index in [-0.39, 0.29) is 44.2 Å². The first-order valence-corrected chi connectivity index (χ1v) is 17.2. The van der Waals surface area contributed by atoms with Crippen LogP contribution in [0.4, 0.5) is 34.6 Å². The minimum absolute atomic E-state index is 0.00237. The van der Waals surface area contributed by atoms with Crippen molar-refractivity contribution in [2.45, 2.75) is 14.7 Å². The molecule has 0 bridgehead atoms. The Morgan fingerprint density at radius 1 is 0.717 bits per heavy atom. The Balaban J connectivity index is 1.37. The van der Waals surface area contributed by atoms with Gasteiger partial charge in [-0.3, -0.25) is 13.7 Å². The van der Waals surface area contributed by atoms with Crippen molar-refractivity contribution in [2.75, 3.05) is 17.3 Å². The van der Waals surface area contributed by atoms with Crippen molar-refractivity contribution in [2.24, 2.45) is 10.2 Å². The summed E-state index contributed by atoms with van der Waals surface area (Å²) in [7, 11) is -12.4. The summed E-state index contributed by atoms with van der Waals surface area (Å²) in [6.45, 7) is 0. The molecule has 0 fully saturated rings. The molecule has 0 aliphatic carbocycles. The Labute approximate surface area is 266 Å². The molecule has 5 rings (SSSR count). The van der Waals surface area contributed by atoms with Crippen molar-refractivity contribution in [3.8, 4) is 0 Å². The lowest BCUT2D eigenvalue weighted by Gasteiger charge is -2.18. The van der Waals surface area contributed by atoms with Crippen LogP contribution < -0.4 is 10.2 Å². The van der Waals surface area contributed by atoms with E-state index < -0.39 is 40.1 Å². The first-order valence-electron chi connectivity index (χ1n) is 12.5. The van der Waals surface area contributed by atoms with Crippen molar-refractivity contribution >= 4 is 87.4 Å². The molecule has 0 atom stereocenters. The largest absolute Gasteiger partial charge is 0.324 e. The molecule has 0 saturated heterocycles. The molecule has 0 amide bonds. The average Bonchev–Trinajstić information content (AvgIpc) is 2.97. The summed E-state index contributed by atoms with van der Waals surface area (Å²) >= 11 is 6.10. The van der Waals surface area contributed by atoms with Gasteiger partial charge in [-0.25, -0.2) is 0 Å². The van der Waals surface area contributed by atoms with Crippen LogP contribution in [0.5, 0.6) is 0 Å². The topological polar surface area (TPSA) is 242 Å². The molecule has 46 heavy (non-hydrogen) atoms. The summed E-state index contributed by atoms with van der Waals surface area (Å²) in [6, 6.07) is 17.7. The van der Waals surface area contributed by atoms with Crippen LogP contribution in [0, 0.1) is 0 Å². The minimum Gasteiger partial charge on any atom is -0.324 e. The standard InChI is InChI=1S/C26H20ClN7O9S3/c1-34(26-30-24(27)29-25(31-26)28-17-3-2-4-20(13-17)44(35,36)37)19-8-5-16(6-9-19)32-33-18-7-10-22-15(11-18)12-21(45(38,39)40)14-23(22)46(41,42)43/h2-14H,1H3,(H,35,36,37)(H,38,39,40)(H,41,42,43)(H,28,29,30,31). The van der Waals surface area contributed by atoms with Gasteiger partial charge in [0.1, 0.15) is 4.90 Å². The lowest BCUT2D eigenvalue weighted by atomic mass is 10.1. The first-order chi connectivity index (χ1) is 21.5. The van der Waals surface area contributed by atoms with Crippen LogP contribution in [-0.2, 0) is 30.4 Å². The number of benzene rings is 4. The summed E-state index contributed by atoms with van der Waals surface area (Å²) in [5.74, 6) is 0.134. The van der Waals surface area contributed by atoms with Crippen LogP contribution in [-0.4, -0.2) is 60.9 Å². The molecule has 0 saturated carbocycles.